The molecular weight excluding hydrogens is 352 g/mol. The fourth-order valence-corrected chi connectivity index (χ4v) is 8.27. The quantitative estimate of drug-likeness (QED) is 0.507. The van der Waals surface area contributed by atoms with Crippen molar-refractivity contribution >= 4 is 24.7 Å². The van der Waals surface area contributed by atoms with Crippen molar-refractivity contribution in [3.8, 4) is 0 Å². The van der Waals surface area contributed by atoms with Crippen LogP contribution in [0.15, 0.2) is 60.7 Å². The van der Waals surface area contributed by atoms with Gasteiger partial charge in [0.2, 0.25) is 0 Å². The first-order valence-corrected chi connectivity index (χ1v) is 11.5. The minimum Gasteiger partial charge on any atom is -0.469 e. The lowest BCUT2D eigenvalue weighted by Gasteiger charge is -2.43. The molecular formula is C23H32O3Si. The maximum Gasteiger partial charge on any atom is 0.305 e. The second-order valence-electron chi connectivity index (χ2n) is 8.19. The molecule has 0 aromatic heterocycles. The molecule has 0 N–H and O–H groups in total. The van der Waals surface area contributed by atoms with E-state index in [1.54, 1.807) is 0 Å². The molecule has 0 spiro atoms. The Labute approximate surface area is 164 Å². The Kier molecular flexibility index (Phi) is 7.39. The molecule has 0 unspecified atom stereocenters. The molecule has 0 saturated carbocycles. The molecule has 0 amide bonds. The van der Waals surface area contributed by atoms with E-state index < -0.39 is 8.32 Å². The van der Waals surface area contributed by atoms with E-state index >= 15 is 0 Å². The van der Waals surface area contributed by atoms with Crippen molar-refractivity contribution < 1.29 is 14.0 Å². The van der Waals surface area contributed by atoms with Crippen LogP contribution >= 0.6 is 0 Å². The number of methoxy groups -OCH3 is 1. The number of hydrogen-bond acceptors (Lipinski definition) is 3. The summed E-state index contributed by atoms with van der Waals surface area (Å²) in [6, 6.07) is 21.3. The third kappa shape index (κ3) is 5.08. The second-order valence-corrected chi connectivity index (χ2v) is 12.5. The summed E-state index contributed by atoms with van der Waals surface area (Å²) in [6.45, 7) is 9.60. The van der Waals surface area contributed by atoms with E-state index in [1.807, 2.05) is 0 Å². The molecule has 27 heavy (non-hydrogen) atoms. The van der Waals surface area contributed by atoms with Gasteiger partial charge >= 0.3 is 5.97 Å². The Bertz CT molecular complexity index is 668. The number of ether oxygens (including phenoxy) is 1. The number of hydrogen-bond donors (Lipinski definition) is 0. The summed E-state index contributed by atoms with van der Waals surface area (Å²) < 4.78 is 11.6. The molecule has 0 aliphatic heterocycles. The fourth-order valence-electron chi connectivity index (χ4n) is 3.58. The highest BCUT2D eigenvalue weighted by atomic mass is 28.4. The van der Waals surface area contributed by atoms with Crippen LogP contribution in [0.5, 0.6) is 0 Å². The van der Waals surface area contributed by atoms with Crippen LogP contribution < -0.4 is 10.4 Å². The Morgan fingerprint density at radius 1 is 0.963 bits per heavy atom. The van der Waals surface area contributed by atoms with Gasteiger partial charge in [-0.15, -0.1) is 0 Å². The summed E-state index contributed by atoms with van der Waals surface area (Å²) in [5.41, 5.74) is 0. The van der Waals surface area contributed by atoms with E-state index in [0.29, 0.717) is 13.0 Å². The normalized spacial score (nSPS) is 13.2. The predicted octanol–water partition coefficient (Wildman–Crippen LogP) is 4.15. The van der Waals surface area contributed by atoms with Crippen LogP contribution in [0.2, 0.25) is 5.04 Å². The summed E-state index contributed by atoms with van der Waals surface area (Å²) in [5.74, 6) is 0.123. The lowest BCUT2D eigenvalue weighted by atomic mass is 10.1. The summed E-state index contributed by atoms with van der Waals surface area (Å²) >= 11 is 0. The highest BCUT2D eigenvalue weighted by Crippen LogP contribution is 2.37. The lowest BCUT2D eigenvalue weighted by Crippen LogP contribution is -2.66. The monoisotopic (exact) mass is 384 g/mol. The van der Waals surface area contributed by atoms with Gasteiger partial charge in [0.15, 0.2) is 0 Å². The largest absolute Gasteiger partial charge is 0.469 e. The van der Waals surface area contributed by atoms with Crippen molar-refractivity contribution in [3.05, 3.63) is 60.7 Å². The number of carbonyl (C=O) groups is 1. The molecule has 1 atom stereocenters. The molecule has 0 aliphatic carbocycles. The fraction of sp³-hybridized carbons (Fsp3) is 0.435. The smallest absolute Gasteiger partial charge is 0.305 e. The molecule has 2 aromatic rings. The van der Waals surface area contributed by atoms with Crippen LogP contribution in [-0.2, 0) is 14.0 Å². The second kappa shape index (κ2) is 9.33. The first-order chi connectivity index (χ1) is 12.8. The van der Waals surface area contributed by atoms with Crippen LogP contribution in [0.3, 0.4) is 0 Å². The van der Waals surface area contributed by atoms with E-state index in [2.05, 4.69) is 88.4 Å². The molecule has 0 radical (unpaired) electrons. The van der Waals surface area contributed by atoms with Crippen molar-refractivity contribution in [2.75, 3.05) is 13.7 Å². The zero-order valence-corrected chi connectivity index (χ0v) is 18.2. The van der Waals surface area contributed by atoms with Crippen LogP contribution in [0.1, 0.15) is 40.5 Å². The number of esters is 1. The summed E-state index contributed by atoms with van der Waals surface area (Å²) in [4.78, 5) is 11.5. The van der Waals surface area contributed by atoms with E-state index in [0.717, 1.165) is 6.42 Å². The van der Waals surface area contributed by atoms with Gasteiger partial charge in [0.1, 0.15) is 0 Å². The van der Waals surface area contributed by atoms with E-state index in [-0.39, 0.29) is 16.9 Å². The standard InChI is InChI=1S/C23H32O3Si/c1-19(16-17-22(24)25-5)18-26-27(23(2,3)4,20-12-8-6-9-13-20)21-14-10-7-11-15-21/h6-15,19H,16-18H2,1-5H3/t19-/m0/s1. The van der Waals surface area contributed by atoms with Crippen molar-refractivity contribution in [2.45, 2.75) is 45.6 Å². The van der Waals surface area contributed by atoms with E-state index in [9.17, 15) is 4.79 Å². The lowest BCUT2D eigenvalue weighted by molar-refractivity contribution is -0.140. The van der Waals surface area contributed by atoms with Gasteiger partial charge in [0, 0.05) is 13.0 Å². The van der Waals surface area contributed by atoms with Gasteiger partial charge < -0.3 is 9.16 Å². The van der Waals surface area contributed by atoms with Crippen LogP contribution in [0.25, 0.3) is 0 Å². The predicted molar refractivity (Wildman–Crippen MR) is 114 cm³/mol. The van der Waals surface area contributed by atoms with Crippen molar-refractivity contribution in [3.63, 3.8) is 0 Å². The summed E-state index contributed by atoms with van der Waals surface area (Å²) in [5, 5.41) is 2.53. The van der Waals surface area contributed by atoms with E-state index in [4.69, 9.17) is 9.16 Å². The zero-order valence-electron chi connectivity index (χ0n) is 17.2. The molecule has 0 bridgehead atoms. The molecule has 0 fully saturated rings. The summed E-state index contributed by atoms with van der Waals surface area (Å²) in [6.07, 6.45) is 1.20. The molecule has 0 aliphatic rings. The highest BCUT2D eigenvalue weighted by Gasteiger charge is 2.50. The van der Waals surface area contributed by atoms with Crippen molar-refractivity contribution in [2.24, 2.45) is 5.92 Å². The number of rotatable bonds is 8. The van der Waals surface area contributed by atoms with E-state index in [1.165, 1.54) is 17.5 Å². The van der Waals surface area contributed by atoms with Crippen molar-refractivity contribution in [1.29, 1.82) is 0 Å². The van der Waals surface area contributed by atoms with Gasteiger partial charge in [-0.05, 0) is 27.8 Å². The SMILES string of the molecule is COC(=O)CC[C@H](C)CO[Si](c1ccccc1)(c1ccccc1)C(C)(C)C. The number of benzene rings is 2. The molecule has 3 nitrogen and oxygen atoms in total. The topological polar surface area (TPSA) is 35.5 Å². The molecule has 2 rings (SSSR count). The van der Waals surface area contributed by atoms with Gasteiger partial charge in [0.25, 0.3) is 8.32 Å². The van der Waals surface area contributed by atoms with Crippen molar-refractivity contribution in [1.82, 2.24) is 0 Å². The van der Waals surface area contributed by atoms with Crippen LogP contribution in [0.4, 0.5) is 0 Å². The first-order valence-electron chi connectivity index (χ1n) is 9.63. The Morgan fingerprint density at radius 2 is 1.44 bits per heavy atom. The maximum absolute atomic E-state index is 11.5. The zero-order chi connectivity index (χ0) is 19.9. The molecule has 0 saturated heterocycles. The number of carbonyl (C=O) groups excluding carboxylic acids is 1. The average Bonchev–Trinajstić information content (AvgIpc) is 2.67. The highest BCUT2D eigenvalue weighted by molar-refractivity contribution is 6.99. The first kappa shape index (κ1) is 21.4. The molecule has 146 valence electrons. The van der Waals surface area contributed by atoms with Crippen LogP contribution in [0, 0.1) is 5.92 Å². The third-order valence-corrected chi connectivity index (χ3v) is 10.1. The maximum atomic E-state index is 11.5. The van der Waals surface area contributed by atoms with Gasteiger partial charge in [-0.1, -0.05) is 88.4 Å². The van der Waals surface area contributed by atoms with Gasteiger partial charge in [0.05, 0.1) is 7.11 Å². The third-order valence-electron chi connectivity index (χ3n) is 5.07. The average molecular weight is 385 g/mol. The summed E-state index contributed by atoms with van der Waals surface area (Å²) in [7, 11) is -1.06. The Morgan fingerprint density at radius 3 is 1.85 bits per heavy atom. The minimum atomic E-state index is -2.49. The molecule has 0 heterocycles. The Hall–Kier alpha value is -1.91. The van der Waals surface area contributed by atoms with Gasteiger partial charge in [-0.3, -0.25) is 4.79 Å². The Balaban J connectivity index is 2.36. The van der Waals surface area contributed by atoms with Gasteiger partial charge in [-0.25, -0.2) is 0 Å². The van der Waals surface area contributed by atoms with Crippen LogP contribution in [-0.4, -0.2) is 28.0 Å². The molecule has 2 aromatic carbocycles. The minimum absolute atomic E-state index is 0.0300. The van der Waals surface area contributed by atoms with Gasteiger partial charge in [-0.2, -0.15) is 0 Å². The molecule has 4 heteroatoms.